The average Bonchev–Trinajstić information content (AvgIpc) is 3.29. The fourth-order valence-corrected chi connectivity index (χ4v) is 3.37. The van der Waals surface area contributed by atoms with Crippen molar-refractivity contribution in [2.45, 2.75) is 25.1 Å². The number of rotatable bonds is 5. The lowest BCUT2D eigenvalue weighted by Gasteiger charge is -2.21. The molecule has 4 rings (SSSR count). The zero-order valence-corrected chi connectivity index (χ0v) is 14.5. The number of aromatic nitrogens is 2. The van der Waals surface area contributed by atoms with Gasteiger partial charge in [-0.25, -0.2) is 4.79 Å². The summed E-state index contributed by atoms with van der Waals surface area (Å²) < 4.78 is 5.48. The molecule has 1 aliphatic heterocycles. The Morgan fingerprint density at radius 3 is 2.59 bits per heavy atom. The van der Waals surface area contributed by atoms with Crippen LogP contribution in [0.3, 0.4) is 0 Å². The topological polar surface area (TPSA) is 99.7 Å². The number of likely N-dealkylation sites (tertiary alicyclic amines) is 1. The number of β-amino-alcohol motifs (C(OH)–C–C–N with tert-alkyl or cyclic N) is 1. The summed E-state index contributed by atoms with van der Waals surface area (Å²) in [6.07, 6.45) is 0.0456. The van der Waals surface area contributed by atoms with Crippen LogP contribution in [0.25, 0.3) is 11.4 Å². The van der Waals surface area contributed by atoms with E-state index in [1.165, 1.54) is 0 Å². The van der Waals surface area contributed by atoms with Crippen LogP contribution in [0.1, 0.15) is 34.3 Å². The van der Waals surface area contributed by atoms with Crippen LogP contribution in [0.2, 0.25) is 0 Å². The first-order valence-electron chi connectivity index (χ1n) is 8.73. The highest BCUT2D eigenvalue weighted by Crippen LogP contribution is 2.33. The van der Waals surface area contributed by atoms with E-state index in [4.69, 9.17) is 9.63 Å². The third-order valence-electron chi connectivity index (χ3n) is 4.73. The highest BCUT2D eigenvalue weighted by atomic mass is 16.5. The second-order valence-corrected chi connectivity index (χ2v) is 6.66. The van der Waals surface area contributed by atoms with Crippen molar-refractivity contribution in [2.75, 3.05) is 6.54 Å². The molecular weight excluding hydrogens is 346 g/mol. The molecule has 7 nitrogen and oxygen atoms in total. The van der Waals surface area contributed by atoms with Gasteiger partial charge in [0.05, 0.1) is 17.7 Å². The number of carboxylic acids is 1. The number of aliphatic hydroxyl groups is 1. The van der Waals surface area contributed by atoms with Gasteiger partial charge >= 0.3 is 5.97 Å². The van der Waals surface area contributed by atoms with Gasteiger partial charge < -0.3 is 14.7 Å². The molecule has 0 bridgehead atoms. The normalized spacial score (nSPS) is 20.0. The molecule has 2 aromatic carbocycles. The van der Waals surface area contributed by atoms with Crippen LogP contribution >= 0.6 is 0 Å². The molecule has 1 saturated heterocycles. The lowest BCUT2D eigenvalue weighted by atomic mass is 10.1. The van der Waals surface area contributed by atoms with Gasteiger partial charge in [-0.2, -0.15) is 4.98 Å². The predicted octanol–water partition coefficient (Wildman–Crippen LogP) is 2.74. The monoisotopic (exact) mass is 365 g/mol. The van der Waals surface area contributed by atoms with Gasteiger partial charge in [-0.3, -0.25) is 4.90 Å². The maximum absolute atomic E-state index is 11.0. The lowest BCUT2D eigenvalue weighted by Crippen LogP contribution is -2.24. The maximum Gasteiger partial charge on any atom is 0.335 e. The Labute approximate surface area is 155 Å². The summed E-state index contributed by atoms with van der Waals surface area (Å²) in [6, 6.07) is 16.1. The fourth-order valence-electron chi connectivity index (χ4n) is 3.37. The van der Waals surface area contributed by atoms with Gasteiger partial charge in [0.15, 0.2) is 0 Å². The van der Waals surface area contributed by atoms with Crippen LogP contribution in [0.15, 0.2) is 59.1 Å². The largest absolute Gasteiger partial charge is 0.478 e. The zero-order valence-electron chi connectivity index (χ0n) is 14.5. The molecule has 2 heterocycles. The van der Waals surface area contributed by atoms with Crippen molar-refractivity contribution in [3.05, 3.63) is 71.6 Å². The summed E-state index contributed by atoms with van der Waals surface area (Å²) in [5, 5.41) is 23.2. The first kappa shape index (κ1) is 17.4. The molecule has 3 aromatic rings. The molecule has 138 valence electrons. The van der Waals surface area contributed by atoms with E-state index >= 15 is 0 Å². The fraction of sp³-hybridized carbons (Fsp3) is 0.250. The minimum Gasteiger partial charge on any atom is -0.478 e. The molecule has 7 heteroatoms. The summed E-state index contributed by atoms with van der Waals surface area (Å²) in [6.45, 7) is 1.05. The number of hydrogen-bond acceptors (Lipinski definition) is 6. The summed E-state index contributed by atoms with van der Waals surface area (Å²) >= 11 is 0. The van der Waals surface area contributed by atoms with E-state index in [1.807, 2.05) is 30.3 Å². The van der Waals surface area contributed by atoms with Crippen LogP contribution < -0.4 is 0 Å². The summed E-state index contributed by atoms with van der Waals surface area (Å²) in [5.74, 6) is 0.0561. The molecule has 2 unspecified atom stereocenters. The van der Waals surface area contributed by atoms with E-state index in [9.17, 15) is 9.90 Å². The number of carboxylic acid groups (broad SMARTS) is 1. The van der Waals surface area contributed by atoms with E-state index in [1.54, 1.807) is 24.3 Å². The minimum absolute atomic E-state index is 0.177. The number of aromatic carboxylic acids is 1. The lowest BCUT2D eigenvalue weighted by molar-refractivity contribution is 0.0697. The Hall–Kier alpha value is -3.03. The number of hydrogen-bond donors (Lipinski definition) is 2. The van der Waals surface area contributed by atoms with Crippen molar-refractivity contribution in [2.24, 2.45) is 0 Å². The van der Waals surface area contributed by atoms with E-state index in [-0.39, 0.29) is 11.6 Å². The standard InChI is InChI=1S/C20H19N3O4/c24-16-10-17(19-21-18(22-27-19)14-4-2-1-3-5-14)23(12-16)11-13-6-8-15(9-7-13)20(25)26/h1-9,16-17,24H,10-12H2,(H,25,26). The van der Waals surface area contributed by atoms with Crippen LogP contribution in [-0.2, 0) is 6.54 Å². The van der Waals surface area contributed by atoms with Gasteiger partial charge in [0.1, 0.15) is 0 Å². The Bertz CT molecular complexity index is 924. The molecule has 0 aliphatic carbocycles. The molecule has 2 N–H and O–H groups in total. The summed E-state index contributed by atoms with van der Waals surface area (Å²) in [4.78, 5) is 17.6. The van der Waals surface area contributed by atoms with Gasteiger partial charge in [-0.1, -0.05) is 47.6 Å². The van der Waals surface area contributed by atoms with Crippen molar-refractivity contribution >= 4 is 5.97 Å². The van der Waals surface area contributed by atoms with Gasteiger partial charge in [-0.05, 0) is 24.1 Å². The minimum atomic E-state index is -0.949. The molecule has 0 saturated carbocycles. The molecule has 0 amide bonds. The Balaban J connectivity index is 1.53. The molecular formula is C20H19N3O4. The number of aliphatic hydroxyl groups excluding tert-OH is 1. The van der Waals surface area contributed by atoms with E-state index < -0.39 is 12.1 Å². The Morgan fingerprint density at radius 2 is 1.89 bits per heavy atom. The van der Waals surface area contributed by atoms with Gasteiger partial charge in [0, 0.05) is 18.7 Å². The second-order valence-electron chi connectivity index (χ2n) is 6.66. The van der Waals surface area contributed by atoms with E-state index in [0.29, 0.717) is 31.2 Å². The SMILES string of the molecule is O=C(O)c1ccc(CN2CC(O)CC2c2nc(-c3ccccc3)no2)cc1. The Morgan fingerprint density at radius 1 is 1.15 bits per heavy atom. The maximum atomic E-state index is 11.0. The summed E-state index contributed by atoms with van der Waals surface area (Å²) in [5.41, 5.74) is 2.09. The first-order chi connectivity index (χ1) is 13.1. The molecule has 2 atom stereocenters. The van der Waals surface area contributed by atoms with Crippen molar-refractivity contribution in [3.8, 4) is 11.4 Å². The summed E-state index contributed by atoms with van der Waals surface area (Å²) in [7, 11) is 0. The average molecular weight is 365 g/mol. The zero-order chi connectivity index (χ0) is 18.8. The second kappa shape index (κ2) is 7.30. The van der Waals surface area contributed by atoms with Crippen molar-refractivity contribution < 1.29 is 19.5 Å². The van der Waals surface area contributed by atoms with Crippen molar-refractivity contribution in [1.82, 2.24) is 15.0 Å². The Kier molecular flexibility index (Phi) is 4.70. The molecule has 1 fully saturated rings. The van der Waals surface area contributed by atoms with Gasteiger partial charge in [0.2, 0.25) is 11.7 Å². The number of nitrogens with zero attached hydrogens (tertiary/aromatic N) is 3. The van der Waals surface area contributed by atoms with Crippen LogP contribution in [0.5, 0.6) is 0 Å². The highest BCUT2D eigenvalue weighted by molar-refractivity contribution is 5.87. The van der Waals surface area contributed by atoms with Crippen LogP contribution in [0.4, 0.5) is 0 Å². The highest BCUT2D eigenvalue weighted by Gasteiger charge is 2.35. The molecule has 0 spiro atoms. The molecule has 0 radical (unpaired) electrons. The van der Waals surface area contributed by atoms with Gasteiger partial charge in [0.25, 0.3) is 0 Å². The predicted molar refractivity (Wildman–Crippen MR) is 96.9 cm³/mol. The quantitative estimate of drug-likeness (QED) is 0.717. The molecule has 27 heavy (non-hydrogen) atoms. The third kappa shape index (κ3) is 3.74. The smallest absolute Gasteiger partial charge is 0.335 e. The van der Waals surface area contributed by atoms with Crippen LogP contribution in [-0.4, -0.2) is 43.9 Å². The third-order valence-corrected chi connectivity index (χ3v) is 4.73. The van der Waals surface area contributed by atoms with Crippen molar-refractivity contribution in [1.29, 1.82) is 0 Å². The molecule has 1 aliphatic rings. The number of carbonyl (C=O) groups is 1. The van der Waals surface area contributed by atoms with E-state index in [2.05, 4.69) is 15.0 Å². The van der Waals surface area contributed by atoms with E-state index in [0.717, 1.165) is 11.1 Å². The first-order valence-corrected chi connectivity index (χ1v) is 8.73. The van der Waals surface area contributed by atoms with Gasteiger partial charge in [-0.15, -0.1) is 0 Å². The number of benzene rings is 2. The molecule has 1 aromatic heterocycles. The van der Waals surface area contributed by atoms with Crippen LogP contribution in [0, 0.1) is 0 Å². The van der Waals surface area contributed by atoms with Crippen molar-refractivity contribution in [3.63, 3.8) is 0 Å².